The van der Waals surface area contributed by atoms with E-state index in [0.29, 0.717) is 24.1 Å². The summed E-state index contributed by atoms with van der Waals surface area (Å²) in [5.74, 6) is -2.74. The summed E-state index contributed by atoms with van der Waals surface area (Å²) in [6.45, 7) is 2.18. The molecule has 1 aromatic heterocycles. The third kappa shape index (κ3) is 4.12. The molecule has 0 unspecified atom stereocenters. The van der Waals surface area contributed by atoms with Gasteiger partial charge in [0.2, 0.25) is 5.76 Å². The maximum absolute atomic E-state index is 12.7. The first kappa shape index (κ1) is 17.5. The maximum atomic E-state index is 12.7. The highest BCUT2D eigenvalue weighted by molar-refractivity contribution is 5.94. The highest BCUT2D eigenvalue weighted by Gasteiger charge is 2.40. The number of nitrogens with zero attached hydrogens (tertiary/aromatic N) is 1. The quantitative estimate of drug-likeness (QED) is 0.874. The van der Waals surface area contributed by atoms with E-state index in [1.165, 1.54) is 0 Å². The first-order valence-corrected chi connectivity index (χ1v) is 6.99. The first-order chi connectivity index (χ1) is 11.3. The third-order valence-electron chi connectivity index (χ3n) is 3.02. The van der Waals surface area contributed by atoms with Gasteiger partial charge >= 0.3 is 6.18 Å². The van der Waals surface area contributed by atoms with Crippen molar-refractivity contribution in [3.63, 3.8) is 0 Å². The fourth-order valence-corrected chi connectivity index (χ4v) is 1.96. The monoisotopic (exact) mass is 341 g/mol. The van der Waals surface area contributed by atoms with Crippen LogP contribution in [0.25, 0.3) is 0 Å². The number of hydrogen-bond donors (Lipinski definition) is 2. The Balaban J connectivity index is 2.06. The van der Waals surface area contributed by atoms with Gasteiger partial charge in [-0.3, -0.25) is 9.59 Å². The number of benzene rings is 1. The summed E-state index contributed by atoms with van der Waals surface area (Å²) in [4.78, 5) is 26.9. The fourth-order valence-electron chi connectivity index (χ4n) is 1.96. The van der Waals surface area contributed by atoms with Crippen molar-refractivity contribution < 1.29 is 27.2 Å². The van der Waals surface area contributed by atoms with Crippen molar-refractivity contribution in [2.75, 3.05) is 6.54 Å². The van der Waals surface area contributed by atoms with E-state index >= 15 is 0 Å². The molecule has 6 nitrogen and oxygen atoms in total. The number of rotatable bonds is 5. The molecule has 128 valence electrons. The van der Waals surface area contributed by atoms with Crippen LogP contribution in [0, 0.1) is 0 Å². The molecular formula is C15H14F3N3O3. The van der Waals surface area contributed by atoms with Gasteiger partial charge in [0, 0.05) is 18.7 Å². The predicted octanol–water partition coefficient (Wildman–Crippen LogP) is 2.37. The van der Waals surface area contributed by atoms with Crippen molar-refractivity contribution in [3.8, 4) is 0 Å². The Morgan fingerprint density at radius 3 is 2.62 bits per heavy atom. The predicted molar refractivity (Wildman–Crippen MR) is 77.1 cm³/mol. The average molecular weight is 341 g/mol. The molecule has 0 radical (unpaired) electrons. The van der Waals surface area contributed by atoms with Crippen LogP contribution in [-0.2, 0) is 12.7 Å². The van der Waals surface area contributed by atoms with E-state index in [4.69, 9.17) is 0 Å². The Hall–Kier alpha value is -2.84. The lowest BCUT2D eigenvalue weighted by Gasteiger charge is -2.08. The molecule has 0 aliphatic rings. The Labute approximate surface area is 135 Å². The van der Waals surface area contributed by atoms with E-state index in [-0.39, 0.29) is 12.5 Å². The van der Waals surface area contributed by atoms with Gasteiger partial charge < -0.3 is 15.1 Å². The lowest BCUT2D eigenvalue weighted by molar-refractivity contribution is -0.153. The Bertz CT molecular complexity index is 741. The molecule has 2 rings (SSSR count). The summed E-state index contributed by atoms with van der Waals surface area (Å²) in [6, 6.07) is 6.38. The molecule has 1 heterocycles. The molecule has 0 fully saturated rings. The summed E-state index contributed by atoms with van der Waals surface area (Å²) >= 11 is 0. The van der Waals surface area contributed by atoms with Gasteiger partial charge in [0.15, 0.2) is 12.1 Å². The largest absolute Gasteiger partial charge is 0.452 e. The number of carbonyl (C=O) groups excluding carboxylic acids is 2. The average Bonchev–Trinajstić information content (AvgIpc) is 3.03. The van der Waals surface area contributed by atoms with Crippen LogP contribution in [0.3, 0.4) is 0 Å². The molecule has 0 spiro atoms. The molecule has 0 saturated carbocycles. The molecule has 1 aromatic carbocycles. The number of halogens is 3. The summed E-state index contributed by atoms with van der Waals surface area (Å²) in [6.07, 6.45) is -4.24. The second kappa shape index (κ2) is 7.16. The minimum atomic E-state index is -4.80. The second-order valence-corrected chi connectivity index (χ2v) is 4.77. The van der Waals surface area contributed by atoms with Gasteiger partial charge in [-0.25, -0.2) is 4.98 Å². The zero-order valence-electron chi connectivity index (χ0n) is 12.6. The van der Waals surface area contributed by atoms with Crippen molar-refractivity contribution in [2.45, 2.75) is 19.6 Å². The highest BCUT2D eigenvalue weighted by atomic mass is 19.4. The zero-order valence-corrected chi connectivity index (χ0v) is 12.6. The molecule has 0 aliphatic carbocycles. The second-order valence-electron chi connectivity index (χ2n) is 4.77. The summed E-state index contributed by atoms with van der Waals surface area (Å²) in [5.41, 5.74) is 0.118. The van der Waals surface area contributed by atoms with Crippen LogP contribution in [0.15, 0.2) is 35.1 Å². The normalized spacial score (nSPS) is 11.2. The molecule has 0 aliphatic heterocycles. The molecule has 2 N–H and O–H groups in total. The maximum Gasteiger partial charge on any atom is 0.452 e. The van der Waals surface area contributed by atoms with E-state index in [2.05, 4.69) is 20.0 Å². The molecule has 0 bridgehead atoms. The van der Waals surface area contributed by atoms with E-state index < -0.39 is 23.5 Å². The van der Waals surface area contributed by atoms with Crippen LogP contribution in [-0.4, -0.2) is 23.3 Å². The number of amides is 2. The topological polar surface area (TPSA) is 84.2 Å². The van der Waals surface area contributed by atoms with Gasteiger partial charge in [-0.05, 0) is 24.6 Å². The van der Waals surface area contributed by atoms with Gasteiger partial charge in [-0.1, -0.05) is 12.1 Å². The smallest absolute Gasteiger partial charge is 0.438 e. The Kier molecular flexibility index (Phi) is 5.22. The third-order valence-corrected chi connectivity index (χ3v) is 3.02. The number of hydrogen-bond acceptors (Lipinski definition) is 4. The summed E-state index contributed by atoms with van der Waals surface area (Å²) < 4.78 is 42.2. The number of alkyl halides is 3. The number of oxazole rings is 1. The molecular weight excluding hydrogens is 327 g/mol. The number of carbonyl (C=O) groups is 2. The van der Waals surface area contributed by atoms with Crippen molar-refractivity contribution in [1.29, 1.82) is 0 Å². The Morgan fingerprint density at radius 2 is 1.96 bits per heavy atom. The molecule has 2 amide bonds. The minimum absolute atomic E-state index is 0.0593. The van der Waals surface area contributed by atoms with Crippen LogP contribution >= 0.6 is 0 Å². The van der Waals surface area contributed by atoms with E-state index in [0.717, 1.165) is 0 Å². The highest BCUT2D eigenvalue weighted by Crippen LogP contribution is 2.31. The van der Waals surface area contributed by atoms with Crippen molar-refractivity contribution in [3.05, 3.63) is 53.2 Å². The van der Waals surface area contributed by atoms with Crippen molar-refractivity contribution >= 4 is 11.8 Å². The van der Waals surface area contributed by atoms with Gasteiger partial charge in [-0.2, -0.15) is 13.2 Å². The number of nitrogens with one attached hydrogen (secondary N) is 2. The van der Waals surface area contributed by atoms with Crippen LogP contribution in [0.4, 0.5) is 13.2 Å². The molecule has 9 heteroatoms. The van der Waals surface area contributed by atoms with Crippen LogP contribution in [0.1, 0.15) is 39.1 Å². The molecule has 0 atom stereocenters. The first-order valence-electron chi connectivity index (χ1n) is 6.99. The molecule has 24 heavy (non-hydrogen) atoms. The van der Waals surface area contributed by atoms with Gasteiger partial charge in [0.25, 0.3) is 11.8 Å². The SMILES string of the molecule is CCNC(=O)c1cccc(CNC(=O)c2ncoc2C(F)(F)F)c1. The standard InChI is InChI=1S/C15H14F3N3O3/c1-2-19-13(22)10-5-3-4-9(6-10)7-20-14(23)11-12(15(16,17)18)24-8-21-11/h3-6,8H,2,7H2,1H3,(H,19,22)(H,20,23). The van der Waals surface area contributed by atoms with Crippen molar-refractivity contribution in [2.24, 2.45) is 0 Å². The van der Waals surface area contributed by atoms with Gasteiger partial charge in [0.05, 0.1) is 0 Å². The number of aromatic nitrogens is 1. The van der Waals surface area contributed by atoms with E-state index in [1.807, 2.05) is 0 Å². The molecule has 2 aromatic rings. The lowest BCUT2D eigenvalue weighted by atomic mass is 10.1. The van der Waals surface area contributed by atoms with Crippen LogP contribution < -0.4 is 10.6 Å². The van der Waals surface area contributed by atoms with Gasteiger partial charge in [-0.15, -0.1) is 0 Å². The van der Waals surface area contributed by atoms with E-state index in [9.17, 15) is 22.8 Å². The fraction of sp³-hybridized carbons (Fsp3) is 0.267. The lowest BCUT2D eigenvalue weighted by Crippen LogP contribution is -2.26. The summed E-state index contributed by atoms with van der Waals surface area (Å²) in [7, 11) is 0. The van der Waals surface area contributed by atoms with Crippen molar-refractivity contribution in [1.82, 2.24) is 15.6 Å². The molecule has 0 saturated heterocycles. The van der Waals surface area contributed by atoms with Crippen LogP contribution in [0.2, 0.25) is 0 Å². The minimum Gasteiger partial charge on any atom is -0.438 e. The zero-order chi connectivity index (χ0) is 17.7. The van der Waals surface area contributed by atoms with Crippen LogP contribution in [0.5, 0.6) is 0 Å². The van der Waals surface area contributed by atoms with E-state index in [1.54, 1.807) is 31.2 Å². The Morgan fingerprint density at radius 1 is 1.21 bits per heavy atom. The summed E-state index contributed by atoms with van der Waals surface area (Å²) in [5, 5.41) is 4.95. The van der Waals surface area contributed by atoms with Gasteiger partial charge in [0.1, 0.15) is 0 Å².